The number of aliphatic hydroxyl groups excluding tert-OH is 2. The summed E-state index contributed by atoms with van der Waals surface area (Å²) >= 11 is 0. The van der Waals surface area contributed by atoms with Crippen LogP contribution in [0.1, 0.15) is 45.1 Å². The molecule has 3 N–H and O–H groups in total. The summed E-state index contributed by atoms with van der Waals surface area (Å²) < 4.78 is 59.9. The van der Waals surface area contributed by atoms with Crippen molar-refractivity contribution in [2.45, 2.75) is 45.1 Å². The number of nitrogens with zero attached hydrogens (tertiary/aromatic N) is 1. The van der Waals surface area contributed by atoms with Gasteiger partial charge in [-0.15, -0.1) is 0 Å². The van der Waals surface area contributed by atoms with Crippen molar-refractivity contribution in [3.8, 4) is 0 Å². The Balaban J connectivity index is 2.66. The highest BCUT2D eigenvalue weighted by Gasteiger charge is 2.44. The molecule has 0 amide bonds. The minimum absolute atomic E-state index is 0.104. The molecule has 1 saturated carbocycles. The summed E-state index contributed by atoms with van der Waals surface area (Å²) in [6.07, 6.45) is 2.17. The maximum absolute atomic E-state index is 14.3. The van der Waals surface area contributed by atoms with Crippen LogP contribution in [0.25, 0.3) is 5.76 Å². The molecule has 0 heterocycles. The van der Waals surface area contributed by atoms with Gasteiger partial charge in [0.2, 0.25) is 0 Å². The van der Waals surface area contributed by atoms with Gasteiger partial charge < -0.3 is 20.3 Å². The molecule has 10 heteroatoms. The van der Waals surface area contributed by atoms with E-state index in [0.29, 0.717) is 25.7 Å². The van der Waals surface area contributed by atoms with E-state index >= 15 is 0 Å². The second-order valence-corrected chi connectivity index (χ2v) is 6.90. The van der Waals surface area contributed by atoms with Gasteiger partial charge in [-0.05, 0) is 38.7 Å². The van der Waals surface area contributed by atoms with Crippen molar-refractivity contribution in [2.75, 3.05) is 19.8 Å². The van der Waals surface area contributed by atoms with Crippen LogP contribution < -0.4 is 5.32 Å². The molecule has 2 rings (SSSR count). The summed E-state index contributed by atoms with van der Waals surface area (Å²) in [7, 11) is 0. The summed E-state index contributed by atoms with van der Waals surface area (Å²) in [6, 6.07) is 0.250. The molecule has 1 aliphatic rings. The van der Waals surface area contributed by atoms with Crippen LogP contribution in [0.5, 0.6) is 0 Å². The van der Waals surface area contributed by atoms with E-state index < -0.39 is 51.7 Å². The molecule has 6 nitrogen and oxygen atoms in total. The number of amidine groups is 1. The van der Waals surface area contributed by atoms with Gasteiger partial charge in [0.1, 0.15) is 17.2 Å². The summed E-state index contributed by atoms with van der Waals surface area (Å²) in [5.74, 6) is -10.2. The number of carbonyl (C=O) groups is 1. The Hall–Kier alpha value is -2.62. The molecule has 30 heavy (non-hydrogen) atoms. The first-order valence-corrected chi connectivity index (χ1v) is 9.58. The van der Waals surface area contributed by atoms with E-state index in [1.807, 2.05) is 0 Å². The standard InChI is InChI=1S/C20H24F4N2O4/c1-3-8-25-18(26-20(5-6-20)7-9-27)13(19(29)30-4-2)17(28)11-10-12(21)15(23)16(24)14(11)22/h10,27-28H,3-9H2,1-2H3,(H,25,26). The van der Waals surface area contributed by atoms with Gasteiger partial charge in [-0.2, -0.15) is 0 Å². The Morgan fingerprint density at radius 2 is 1.87 bits per heavy atom. The number of aliphatic hydroxyl groups is 2. The normalized spacial score (nSPS) is 16.2. The number of nitrogens with one attached hydrogen (secondary N) is 1. The fourth-order valence-electron chi connectivity index (χ4n) is 2.85. The summed E-state index contributed by atoms with van der Waals surface area (Å²) in [5.41, 5.74) is -2.27. The van der Waals surface area contributed by atoms with E-state index in [0.717, 1.165) is 0 Å². The minimum Gasteiger partial charge on any atom is -0.506 e. The Bertz CT molecular complexity index is 867. The van der Waals surface area contributed by atoms with Gasteiger partial charge in [-0.3, -0.25) is 4.99 Å². The Morgan fingerprint density at radius 3 is 2.40 bits per heavy atom. The van der Waals surface area contributed by atoms with Gasteiger partial charge >= 0.3 is 5.97 Å². The molecule has 0 unspecified atom stereocenters. The smallest absolute Gasteiger partial charge is 0.345 e. The predicted molar refractivity (Wildman–Crippen MR) is 102 cm³/mol. The lowest BCUT2D eigenvalue weighted by atomic mass is 10.0. The van der Waals surface area contributed by atoms with Crippen molar-refractivity contribution in [2.24, 2.45) is 4.99 Å². The summed E-state index contributed by atoms with van der Waals surface area (Å²) in [4.78, 5) is 16.8. The number of rotatable bonds is 9. The summed E-state index contributed by atoms with van der Waals surface area (Å²) in [6.45, 7) is 3.26. The SMILES string of the molecule is CCCN=C(NC1(CCO)CC1)C(C(=O)OCC)=C(O)c1cc(F)c(F)c(F)c1F. The van der Waals surface area contributed by atoms with Crippen LogP contribution in [0.15, 0.2) is 16.6 Å². The van der Waals surface area contributed by atoms with Gasteiger partial charge in [0.15, 0.2) is 23.3 Å². The van der Waals surface area contributed by atoms with Gasteiger partial charge in [0.25, 0.3) is 0 Å². The molecule has 1 fully saturated rings. The van der Waals surface area contributed by atoms with E-state index in [1.165, 1.54) is 6.92 Å². The maximum atomic E-state index is 14.3. The molecule has 0 spiro atoms. The molecule has 1 aromatic rings. The molecule has 0 aromatic heterocycles. The lowest BCUT2D eigenvalue weighted by Crippen LogP contribution is -2.41. The average Bonchev–Trinajstić information content (AvgIpc) is 3.46. The zero-order valence-corrected chi connectivity index (χ0v) is 16.7. The van der Waals surface area contributed by atoms with Crippen molar-refractivity contribution < 1.29 is 37.3 Å². The summed E-state index contributed by atoms with van der Waals surface area (Å²) in [5, 5.41) is 22.9. The molecule has 1 aliphatic carbocycles. The third-order valence-electron chi connectivity index (χ3n) is 4.63. The molecule has 0 atom stereocenters. The Morgan fingerprint density at radius 1 is 1.20 bits per heavy atom. The third kappa shape index (κ3) is 5.10. The van der Waals surface area contributed by atoms with Gasteiger partial charge in [-0.1, -0.05) is 6.92 Å². The number of hydrogen-bond donors (Lipinski definition) is 3. The van der Waals surface area contributed by atoms with E-state index in [9.17, 15) is 32.6 Å². The highest BCUT2D eigenvalue weighted by atomic mass is 19.2. The number of halogens is 4. The largest absolute Gasteiger partial charge is 0.506 e. The number of esters is 1. The molecule has 166 valence electrons. The van der Waals surface area contributed by atoms with Crippen molar-refractivity contribution >= 4 is 17.6 Å². The van der Waals surface area contributed by atoms with Crippen molar-refractivity contribution in [3.63, 3.8) is 0 Å². The molecule has 0 aliphatic heterocycles. The van der Waals surface area contributed by atoms with Gasteiger partial charge in [0.05, 0.1) is 12.2 Å². The topological polar surface area (TPSA) is 91.2 Å². The van der Waals surface area contributed by atoms with E-state index in [2.05, 4.69) is 10.3 Å². The zero-order valence-electron chi connectivity index (χ0n) is 16.7. The van der Waals surface area contributed by atoms with Crippen molar-refractivity contribution in [1.29, 1.82) is 0 Å². The molecular formula is C20H24F4N2O4. The van der Waals surface area contributed by atoms with Crippen LogP contribution in [0.4, 0.5) is 17.6 Å². The average molecular weight is 432 g/mol. The fraction of sp³-hybridized carbons (Fsp3) is 0.500. The lowest BCUT2D eigenvalue weighted by Gasteiger charge is -2.21. The van der Waals surface area contributed by atoms with Crippen LogP contribution in [0.2, 0.25) is 0 Å². The molecule has 0 saturated heterocycles. The van der Waals surface area contributed by atoms with E-state index in [1.54, 1.807) is 6.92 Å². The highest BCUT2D eigenvalue weighted by Crippen LogP contribution is 2.39. The van der Waals surface area contributed by atoms with Crippen LogP contribution in [0, 0.1) is 23.3 Å². The second-order valence-electron chi connectivity index (χ2n) is 6.90. The monoisotopic (exact) mass is 432 g/mol. The van der Waals surface area contributed by atoms with Crippen molar-refractivity contribution in [3.05, 3.63) is 40.5 Å². The van der Waals surface area contributed by atoms with Crippen LogP contribution in [-0.4, -0.2) is 47.3 Å². The molecular weight excluding hydrogens is 408 g/mol. The maximum Gasteiger partial charge on any atom is 0.345 e. The van der Waals surface area contributed by atoms with Gasteiger partial charge in [0, 0.05) is 18.7 Å². The first-order chi connectivity index (χ1) is 14.2. The Labute approximate surface area is 171 Å². The lowest BCUT2D eigenvalue weighted by molar-refractivity contribution is -0.137. The van der Waals surface area contributed by atoms with Crippen LogP contribution in [0.3, 0.4) is 0 Å². The third-order valence-corrected chi connectivity index (χ3v) is 4.63. The number of carbonyl (C=O) groups excluding carboxylic acids is 1. The van der Waals surface area contributed by atoms with E-state index in [4.69, 9.17) is 4.74 Å². The quantitative estimate of drug-likeness (QED) is 0.0814. The highest BCUT2D eigenvalue weighted by molar-refractivity contribution is 6.23. The number of hydrogen-bond acceptors (Lipinski definition) is 5. The first kappa shape index (κ1) is 23.7. The molecule has 1 aromatic carbocycles. The van der Waals surface area contributed by atoms with Crippen molar-refractivity contribution in [1.82, 2.24) is 5.32 Å². The molecule has 0 bridgehead atoms. The van der Waals surface area contributed by atoms with Crippen LogP contribution >= 0.6 is 0 Å². The first-order valence-electron chi connectivity index (χ1n) is 9.58. The number of aliphatic imine (C=N–C) groups is 1. The fourth-order valence-corrected chi connectivity index (χ4v) is 2.85. The van der Waals surface area contributed by atoms with Gasteiger partial charge in [-0.25, -0.2) is 22.4 Å². The molecule has 0 radical (unpaired) electrons. The predicted octanol–water partition coefficient (Wildman–Crippen LogP) is 3.39. The van der Waals surface area contributed by atoms with E-state index in [-0.39, 0.29) is 31.7 Å². The van der Waals surface area contributed by atoms with Crippen LogP contribution in [-0.2, 0) is 9.53 Å². The minimum atomic E-state index is -2.13. The number of ether oxygens (including phenoxy) is 1. The second kappa shape index (κ2) is 9.92. The zero-order chi connectivity index (χ0) is 22.5. The number of benzene rings is 1. The Kier molecular flexibility index (Phi) is 7.83.